The van der Waals surface area contributed by atoms with Crippen molar-refractivity contribution < 1.29 is 9.59 Å². The molecule has 1 aromatic heterocycles. The number of amides is 2. The number of fused-ring (bicyclic) bond motifs is 1. The van der Waals surface area contributed by atoms with Crippen LogP contribution in [0.2, 0.25) is 0 Å². The van der Waals surface area contributed by atoms with Gasteiger partial charge in [-0.25, -0.2) is 0 Å². The summed E-state index contributed by atoms with van der Waals surface area (Å²) in [6, 6.07) is 5.29. The zero-order valence-electron chi connectivity index (χ0n) is 18.0. The molecule has 0 saturated heterocycles. The summed E-state index contributed by atoms with van der Waals surface area (Å²) in [7, 11) is 0. The minimum atomic E-state index is -0.630. The predicted molar refractivity (Wildman–Crippen MR) is 113 cm³/mol. The lowest BCUT2D eigenvalue weighted by Crippen LogP contribution is -2.46. The molecule has 0 fully saturated rings. The van der Waals surface area contributed by atoms with Gasteiger partial charge in [-0.05, 0) is 38.3 Å². The van der Waals surface area contributed by atoms with E-state index in [-0.39, 0.29) is 11.8 Å². The van der Waals surface area contributed by atoms with Crippen molar-refractivity contribution in [2.45, 2.75) is 72.9 Å². The number of aryl methyl sites for hydroxylation is 2. The van der Waals surface area contributed by atoms with Gasteiger partial charge in [0.05, 0.1) is 0 Å². The first kappa shape index (κ1) is 21.0. The fourth-order valence-electron chi connectivity index (χ4n) is 3.31. The van der Waals surface area contributed by atoms with Crippen molar-refractivity contribution in [2.75, 3.05) is 5.32 Å². The smallest absolute Gasteiger partial charge is 0.246 e. The van der Waals surface area contributed by atoms with Crippen LogP contribution in [-0.4, -0.2) is 32.6 Å². The highest BCUT2D eigenvalue weighted by Gasteiger charge is 2.25. The minimum Gasteiger partial charge on any atom is -0.344 e. The summed E-state index contributed by atoms with van der Waals surface area (Å²) in [6.07, 6.45) is 4.42. The lowest BCUT2D eigenvalue weighted by atomic mass is 9.95. The molecule has 156 valence electrons. The van der Waals surface area contributed by atoms with Crippen molar-refractivity contribution in [3.05, 3.63) is 29.6 Å². The van der Waals surface area contributed by atoms with Crippen molar-refractivity contribution in [2.24, 2.45) is 5.41 Å². The number of anilines is 1. The Morgan fingerprint density at radius 2 is 1.90 bits per heavy atom. The Morgan fingerprint density at radius 1 is 1.14 bits per heavy atom. The highest BCUT2D eigenvalue weighted by atomic mass is 16.2. The lowest BCUT2D eigenvalue weighted by molar-refractivity contribution is -0.131. The molecule has 3 rings (SSSR count). The van der Waals surface area contributed by atoms with Gasteiger partial charge in [0.1, 0.15) is 11.9 Å². The van der Waals surface area contributed by atoms with Crippen LogP contribution in [0.25, 0.3) is 11.4 Å². The van der Waals surface area contributed by atoms with E-state index in [1.807, 2.05) is 45.9 Å². The number of carbonyl (C=O) groups is 2. The third-order valence-electron chi connectivity index (χ3n) is 5.29. The van der Waals surface area contributed by atoms with E-state index in [4.69, 9.17) is 0 Å². The van der Waals surface area contributed by atoms with E-state index >= 15 is 0 Å². The Bertz CT molecular complexity index is 910. The predicted octanol–water partition coefficient (Wildman–Crippen LogP) is 3.47. The van der Waals surface area contributed by atoms with Crippen molar-refractivity contribution in [1.82, 2.24) is 20.1 Å². The second-order valence-electron chi connectivity index (χ2n) is 8.87. The monoisotopic (exact) mass is 397 g/mol. The standard InChI is InChI=1S/C22H31N5O2/c1-14-10-11-16(19-26-25-18-9-7-6-8-12-27(18)19)13-17(14)24-20(28)15(2)23-21(29)22(3,4)5/h10-11,13,15H,6-9,12H2,1-5H3,(H,23,29)(H,24,28). The molecule has 0 aliphatic carbocycles. The molecule has 0 spiro atoms. The van der Waals surface area contributed by atoms with Crippen LogP contribution >= 0.6 is 0 Å². The zero-order chi connectivity index (χ0) is 21.2. The average Bonchev–Trinajstić information content (AvgIpc) is 2.90. The number of nitrogens with one attached hydrogen (secondary N) is 2. The average molecular weight is 398 g/mol. The first-order valence-electron chi connectivity index (χ1n) is 10.3. The summed E-state index contributed by atoms with van der Waals surface area (Å²) >= 11 is 0. The van der Waals surface area contributed by atoms with Gasteiger partial charge in [0.15, 0.2) is 5.82 Å². The van der Waals surface area contributed by atoms with Crippen LogP contribution in [-0.2, 0) is 22.6 Å². The third-order valence-corrected chi connectivity index (χ3v) is 5.29. The summed E-state index contributed by atoms with van der Waals surface area (Å²) in [5.74, 6) is 1.47. The van der Waals surface area contributed by atoms with Crippen molar-refractivity contribution in [3.63, 3.8) is 0 Å². The minimum absolute atomic E-state index is 0.156. The van der Waals surface area contributed by atoms with Crippen LogP contribution in [0.1, 0.15) is 58.3 Å². The summed E-state index contributed by atoms with van der Waals surface area (Å²) in [4.78, 5) is 24.8. The van der Waals surface area contributed by atoms with E-state index in [1.54, 1.807) is 6.92 Å². The molecule has 7 nitrogen and oxygen atoms in total. The summed E-state index contributed by atoms with van der Waals surface area (Å²) in [6.45, 7) is 10.0. The molecule has 2 N–H and O–H groups in total. The Kier molecular flexibility index (Phi) is 6.05. The van der Waals surface area contributed by atoms with Gasteiger partial charge in [-0.2, -0.15) is 0 Å². The number of carbonyl (C=O) groups excluding carboxylic acids is 2. The lowest BCUT2D eigenvalue weighted by Gasteiger charge is -2.22. The number of benzene rings is 1. The summed E-state index contributed by atoms with van der Waals surface area (Å²) in [5, 5.41) is 14.5. The van der Waals surface area contributed by atoms with Gasteiger partial charge in [-0.15, -0.1) is 10.2 Å². The maximum atomic E-state index is 12.6. The third kappa shape index (κ3) is 4.83. The molecule has 2 aromatic rings. The molecule has 0 bridgehead atoms. The topological polar surface area (TPSA) is 88.9 Å². The van der Waals surface area contributed by atoms with Crippen LogP contribution in [0.5, 0.6) is 0 Å². The number of nitrogens with zero attached hydrogens (tertiary/aromatic N) is 3. The van der Waals surface area contributed by atoms with E-state index in [0.29, 0.717) is 0 Å². The molecule has 7 heteroatoms. The van der Waals surface area contributed by atoms with E-state index in [2.05, 4.69) is 25.4 Å². The van der Waals surface area contributed by atoms with E-state index in [1.165, 1.54) is 6.42 Å². The number of aromatic nitrogens is 3. The molecule has 29 heavy (non-hydrogen) atoms. The number of rotatable bonds is 4. The van der Waals surface area contributed by atoms with Gasteiger partial charge in [0.2, 0.25) is 11.8 Å². The second kappa shape index (κ2) is 8.35. The Morgan fingerprint density at radius 3 is 2.62 bits per heavy atom. The molecule has 0 radical (unpaired) electrons. The second-order valence-corrected chi connectivity index (χ2v) is 8.87. The van der Waals surface area contributed by atoms with Crippen LogP contribution < -0.4 is 10.6 Å². The molecule has 2 amide bonds. The highest BCUT2D eigenvalue weighted by molar-refractivity contribution is 5.98. The number of hydrogen-bond acceptors (Lipinski definition) is 4. The zero-order valence-corrected chi connectivity index (χ0v) is 18.0. The van der Waals surface area contributed by atoms with Crippen LogP contribution in [0.4, 0.5) is 5.69 Å². The maximum absolute atomic E-state index is 12.6. The largest absolute Gasteiger partial charge is 0.344 e. The van der Waals surface area contributed by atoms with Crippen LogP contribution in [0.15, 0.2) is 18.2 Å². The molecule has 1 unspecified atom stereocenters. The van der Waals surface area contributed by atoms with Gasteiger partial charge in [-0.1, -0.05) is 39.3 Å². The van der Waals surface area contributed by atoms with Gasteiger partial charge in [-0.3, -0.25) is 9.59 Å². The van der Waals surface area contributed by atoms with Crippen molar-refractivity contribution >= 4 is 17.5 Å². The van der Waals surface area contributed by atoms with Crippen molar-refractivity contribution in [3.8, 4) is 11.4 Å². The molecule has 1 aliphatic heterocycles. The molecule has 1 atom stereocenters. The van der Waals surface area contributed by atoms with Gasteiger partial charge >= 0.3 is 0 Å². The molecule has 1 aromatic carbocycles. The van der Waals surface area contributed by atoms with Crippen molar-refractivity contribution in [1.29, 1.82) is 0 Å². The van der Waals surface area contributed by atoms with Gasteiger partial charge < -0.3 is 15.2 Å². The van der Waals surface area contributed by atoms with Crippen LogP contribution in [0.3, 0.4) is 0 Å². The Hall–Kier alpha value is -2.70. The van der Waals surface area contributed by atoms with Crippen LogP contribution in [0, 0.1) is 12.3 Å². The van der Waals surface area contributed by atoms with E-state index < -0.39 is 11.5 Å². The Balaban J connectivity index is 1.79. The van der Waals surface area contributed by atoms with E-state index in [0.717, 1.165) is 54.3 Å². The normalized spacial score (nSPS) is 15.2. The molecule has 2 heterocycles. The Labute approximate surface area is 172 Å². The fraction of sp³-hybridized carbons (Fsp3) is 0.545. The maximum Gasteiger partial charge on any atom is 0.246 e. The number of hydrogen-bond donors (Lipinski definition) is 2. The molecular formula is C22H31N5O2. The quantitative estimate of drug-likeness (QED) is 0.827. The first-order chi connectivity index (χ1) is 13.7. The molecule has 0 saturated carbocycles. The summed E-state index contributed by atoms with van der Waals surface area (Å²) < 4.78 is 2.19. The molecule has 1 aliphatic rings. The van der Waals surface area contributed by atoms with Gasteiger partial charge in [0, 0.05) is 29.6 Å². The summed E-state index contributed by atoms with van der Waals surface area (Å²) in [5.41, 5.74) is 2.05. The SMILES string of the molecule is Cc1ccc(-c2nnc3n2CCCCC3)cc1NC(=O)C(C)NC(=O)C(C)(C)C. The first-order valence-corrected chi connectivity index (χ1v) is 10.3. The van der Waals surface area contributed by atoms with Gasteiger partial charge in [0.25, 0.3) is 0 Å². The molecular weight excluding hydrogens is 366 g/mol. The van der Waals surface area contributed by atoms with E-state index in [9.17, 15) is 9.59 Å². The highest BCUT2D eigenvalue weighted by Crippen LogP contribution is 2.27. The fourth-order valence-corrected chi connectivity index (χ4v) is 3.31.